The van der Waals surface area contributed by atoms with Crippen LogP contribution in [0.2, 0.25) is 0 Å². The molecule has 0 aromatic carbocycles. The van der Waals surface area contributed by atoms with Crippen molar-refractivity contribution >= 4 is 43.2 Å². The smallest absolute Gasteiger partial charge is 0.0843 e. The largest absolute Gasteiger partial charge is 0.309 e. The van der Waals surface area contributed by atoms with Crippen molar-refractivity contribution in [2.24, 2.45) is 0 Å². The fourth-order valence-corrected chi connectivity index (χ4v) is 4.28. The normalized spacial score (nSPS) is 13.0. The maximum Gasteiger partial charge on any atom is 0.0843 e. The Labute approximate surface area is 147 Å². The van der Waals surface area contributed by atoms with E-state index in [0.29, 0.717) is 12.1 Å². The molecule has 0 fully saturated rings. The van der Waals surface area contributed by atoms with Gasteiger partial charge in [-0.1, -0.05) is 6.92 Å². The molecule has 2 aromatic heterocycles. The van der Waals surface area contributed by atoms with Crippen molar-refractivity contribution in [3.05, 3.63) is 37.2 Å². The van der Waals surface area contributed by atoms with Crippen LogP contribution in [-0.4, -0.2) is 16.3 Å². The lowest BCUT2D eigenvalue weighted by Gasteiger charge is -2.16. The predicted octanol–water partition coefficient (Wildman–Crippen LogP) is 5.33. The number of hydrogen-bond donors (Lipinski definition) is 1. The monoisotopic (exact) mass is 433 g/mol. The zero-order valence-electron chi connectivity index (χ0n) is 12.6. The molecule has 0 saturated heterocycles. The van der Waals surface area contributed by atoms with Crippen LogP contribution in [0.3, 0.4) is 0 Å². The lowest BCUT2D eigenvalue weighted by atomic mass is 10.1. The third kappa shape index (κ3) is 4.65. The van der Waals surface area contributed by atoms with Gasteiger partial charge < -0.3 is 5.32 Å². The van der Waals surface area contributed by atoms with Gasteiger partial charge in [0.2, 0.25) is 0 Å². The minimum absolute atomic E-state index is 0.313. The summed E-state index contributed by atoms with van der Waals surface area (Å²) in [5.41, 5.74) is 1.14. The second-order valence-electron chi connectivity index (χ2n) is 5.36. The first-order chi connectivity index (χ1) is 10.0. The van der Waals surface area contributed by atoms with Crippen molar-refractivity contribution < 1.29 is 0 Å². The van der Waals surface area contributed by atoms with Crippen LogP contribution >= 0.6 is 43.2 Å². The minimum Gasteiger partial charge on any atom is -0.309 e. The molecule has 2 heterocycles. The van der Waals surface area contributed by atoms with Gasteiger partial charge in [0.15, 0.2) is 0 Å². The summed E-state index contributed by atoms with van der Waals surface area (Å²) in [4.78, 5) is 1.33. The zero-order valence-corrected chi connectivity index (χ0v) is 16.6. The second-order valence-corrected chi connectivity index (χ2v) is 8.62. The lowest BCUT2D eigenvalue weighted by molar-refractivity contribution is 0.503. The molecule has 0 aliphatic heterocycles. The molecule has 116 valence electrons. The van der Waals surface area contributed by atoms with Gasteiger partial charge in [-0.05, 0) is 70.8 Å². The average Bonchev–Trinajstić information content (AvgIpc) is 3.02. The highest BCUT2D eigenvalue weighted by molar-refractivity contribution is 9.13. The summed E-state index contributed by atoms with van der Waals surface area (Å²) in [6.07, 6.45) is 4.11. The van der Waals surface area contributed by atoms with Gasteiger partial charge in [-0.3, -0.25) is 4.68 Å². The third-order valence-corrected chi connectivity index (χ3v) is 6.62. The van der Waals surface area contributed by atoms with E-state index in [0.717, 1.165) is 33.3 Å². The Kier molecular flexibility index (Phi) is 6.47. The highest BCUT2D eigenvalue weighted by Crippen LogP contribution is 2.36. The van der Waals surface area contributed by atoms with Gasteiger partial charge in [0.25, 0.3) is 0 Å². The molecule has 2 rings (SSSR count). The molecule has 6 heteroatoms. The number of thiophene rings is 1. The highest BCUT2D eigenvalue weighted by Gasteiger charge is 2.17. The van der Waals surface area contributed by atoms with Crippen LogP contribution in [0.5, 0.6) is 0 Å². The Morgan fingerprint density at radius 3 is 2.67 bits per heavy atom. The van der Waals surface area contributed by atoms with E-state index in [1.54, 1.807) is 11.3 Å². The third-order valence-electron chi connectivity index (χ3n) is 3.25. The number of nitrogens with one attached hydrogen (secondary N) is 1. The van der Waals surface area contributed by atoms with Crippen LogP contribution in [0.4, 0.5) is 0 Å². The summed E-state index contributed by atoms with van der Waals surface area (Å²) in [5.74, 6) is 0. The van der Waals surface area contributed by atoms with Gasteiger partial charge in [0.05, 0.1) is 9.48 Å². The summed E-state index contributed by atoms with van der Waals surface area (Å²) in [6, 6.07) is 5.04. The van der Waals surface area contributed by atoms with Crippen LogP contribution in [0.1, 0.15) is 49.8 Å². The first kappa shape index (κ1) is 17.2. The number of rotatable bonds is 7. The molecule has 1 unspecified atom stereocenters. The van der Waals surface area contributed by atoms with E-state index in [1.807, 2.05) is 4.68 Å². The maximum atomic E-state index is 4.67. The molecule has 0 aliphatic rings. The maximum absolute atomic E-state index is 4.67. The molecule has 2 aromatic rings. The Balaban J connectivity index is 2.15. The predicted molar refractivity (Wildman–Crippen MR) is 97.1 cm³/mol. The molecule has 0 aliphatic carbocycles. The standard InChI is InChI=1S/C15H21Br2N3S/c1-4-6-18-13(14-9-12(16)15(17)21-14)8-11-5-7-20(19-11)10(2)3/h5,7,9-10,13,18H,4,6,8H2,1-3H3. The quantitative estimate of drug-likeness (QED) is 0.637. The topological polar surface area (TPSA) is 29.9 Å². The Morgan fingerprint density at radius 1 is 1.38 bits per heavy atom. The van der Waals surface area contributed by atoms with E-state index in [-0.39, 0.29) is 0 Å². The summed E-state index contributed by atoms with van der Waals surface area (Å²) < 4.78 is 4.29. The van der Waals surface area contributed by atoms with Crippen LogP contribution in [0.15, 0.2) is 26.6 Å². The Morgan fingerprint density at radius 2 is 2.14 bits per heavy atom. The molecule has 21 heavy (non-hydrogen) atoms. The van der Waals surface area contributed by atoms with Crippen molar-refractivity contribution in [1.82, 2.24) is 15.1 Å². The van der Waals surface area contributed by atoms with E-state index < -0.39 is 0 Å². The molecular formula is C15H21Br2N3S. The lowest BCUT2D eigenvalue weighted by Crippen LogP contribution is -2.23. The number of halogens is 2. The number of hydrogen-bond acceptors (Lipinski definition) is 3. The van der Waals surface area contributed by atoms with E-state index in [1.165, 1.54) is 4.88 Å². The molecule has 0 amide bonds. The van der Waals surface area contributed by atoms with Crippen LogP contribution in [-0.2, 0) is 6.42 Å². The van der Waals surface area contributed by atoms with Gasteiger partial charge >= 0.3 is 0 Å². The van der Waals surface area contributed by atoms with Crippen molar-refractivity contribution in [3.63, 3.8) is 0 Å². The van der Waals surface area contributed by atoms with Crippen molar-refractivity contribution in [2.45, 2.75) is 45.7 Å². The SMILES string of the molecule is CCCNC(Cc1ccn(C(C)C)n1)c1cc(Br)c(Br)s1. The van der Waals surface area contributed by atoms with E-state index >= 15 is 0 Å². The number of nitrogens with zero attached hydrogens (tertiary/aromatic N) is 2. The Hall–Kier alpha value is -0.170. The fraction of sp³-hybridized carbons (Fsp3) is 0.533. The fourth-order valence-electron chi connectivity index (χ4n) is 2.11. The Bertz CT molecular complexity index is 558. The minimum atomic E-state index is 0.313. The highest BCUT2D eigenvalue weighted by atomic mass is 79.9. The molecule has 0 bridgehead atoms. The molecule has 0 radical (unpaired) electrons. The van der Waals surface area contributed by atoms with Gasteiger partial charge in [0, 0.05) is 34.1 Å². The van der Waals surface area contributed by atoms with Gasteiger partial charge in [-0.2, -0.15) is 5.10 Å². The van der Waals surface area contributed by atoms with E-state index in [4.69, 9.17) is 0 Å². The van der Waals surface area contributed by atoms with Gasteiger partial charge in [0.1, 0.15) is 0 Å². The summed E-state index contributed by atoms with van der Waals surface area (Å²) in [6.45, 7) is 7.51. The molecule has 1 N–H and O–H groups in total. The van der Waals surface area contributed by atoms with Gasteiger partial charge in [-0.25, -0.2) is 0 Å². The van der Waals surface area contributed by atoms with Gasteiger partial charge in [-0.15, -0.1) is 11.3 Å². The first-order valence-electron chi connectivity index (χ1n) is 7.23. The van der Waals surface area contributed by atoms with Crippen LogP contribution in [0, 0.1) is 0 Å². The molecule has 3 nitrogen and oxygen atoms in total. The second kappa shape index (κ2) is 7.90. The molecule has 0 saturated carbocycles. The average molecular weight is 435 g/mol. The van der Waals surface area contributed by atoms with Crippen molar-refractivity contribution in [2.75, 3.05) is 6.54 Å². The van der Waals surface area contributed by atoms with Crippen LogP contribution in [0.25, 0.3) is 0 Å². The zero-order chi connectivity index (χ0) is 15.4. The van der Waals surface area contributed by atoms with E-state index in [9.17, 15) is 0 Å². The first-order valence-corrected chi connectivity index (χ1v) is 9.63. The summed E-state index contributed by atoms with van der Waals surface area (Å²) in [7, 11) is 0. The van der Waals surface area contributed by atoms with E-state index in [2.05, 4.69) is 81.4 Å². The summed E-state index contributed by atoms with van der Waals surface area (Å²) >= 11 is 8.94. The molecule has 1 atom stereocenters. The number of aromatic nitrogens is 2. The van der Waals surface area contributed by atoms with Crippen molar-refractivity contribution in [1.29, 1.82) is 0 Å². The van der Waals surface area contributed by atoms with Crippen molar-refractivity contribution in [3.8, 4) is 0 Å². The summed E-state index contributed by atoms with van der Waals surface area (Å²) in [5, 5.41) is 8.30. The van der Waals surface area contributed by atoms with Crippen LogP contribution < -0.4 is 5.32 Å². The molecule has 0 spiro atoms. The molecular weight excluding hydrogens is 414 g/mol.